The normalized spacial score (nSPS) is 9.50. The Bertz CT molecular complexity index is 358. The Labute approximate surface area is 77.1 Å². The first kappa shape index (κ1) is 8.99. The second-order valence-electron chi connectivity index (χ2n) is 2.06. The Morgan fingerprint density at radius 1 is 1.58 bits per heavy atom. The third-order valence-corrected chi connectivity index (χ3v) is 1.84. The minimum atomic E-state index is -0.469. The Morgan fingerprint density at radius 2 is 2.25 bits per heavy atom. The lowest BCUT2D eigenvalue weighted by Gasteiger charge is -1.98. The zero-order chi connectivity index (χ0) is 9.14. The molecule has 0 radical (unpaired) electrons. The van der Waals surface area contributed by atoms with Gasteiger partial charge in [0.05, 0.1) is 28.8 Å². The van der Waals surface area contributed by atoms with Crippen LogP contribution in [0.2, 0.25) is 0 Å². The molecule has 0 aliphatic rings. The molecule has 0 atom stereocenters. The van der Waals surface area contributed by atoms with E-state index in [4.69, 9.17) is 0 Å². The van der Waals surface area contributed by atoms with Crippen LogP contribution in [-0.4, -0.2) is 16.7 Å². The zero-order valence-corrected chi connectivity index (χ0v) is 7.87. The van der Waals surface area contributed by atoms with E-state index in [0.717, 1.165) is 3.59 Å². The second kappa shape index (κ2) is 3.53. The van der Waals surface area contributed by atoms with Crippen LogP contribution < -0.4 is 5.56 Å². The maximum absolute atomic E-state index is 10.9. The standard InChI is InChI=1S/C7H6BrNO3/c1-12-7(11)5-2-3-6(10)9(8)4-5/h2-4H,1H3. The molecule has 0 amide bonds. The summed E-state index contributed by atoms with van der Waals surface area (Å²) in [6, 6.07) is 2.69. The second-order valence-corrected chi connectivity index (χ2v) is 2.82. The van der Waals surface area contributed by atoms with Crippen molar-refractivity contribution in [3.63, 3.8) is 0 Å². The first-order chi connectivity index (χ1) is 5.65. The molecule has 0 saturated carbocycles. The SMILES string of the molecule is COC(=O)c1ccc(=O)n(Br)c1. The molecule has 0 fully saturated rings. The summed E-state index contributed by atoms with van der Waals surface area (Å²) in [5.74, 6) is -0.469. The summed E-state index contributed by atoms with van der Waals surface area (Å²) >= 11 is 2.94. The number of methoxy groups -OCH3 is 1. The van der Waals surface area contributed by atoms with Crippen molar-refractivity contribution < 1.29 is 9.53 Å². The lowest BCUT2D eigenvalue weighted by Crippen LogP contribution is -2.13. The average molecular weight is 232 g/mol. The van der Waals surface area contributed by atoms with Gasteiger partial charge in [0.25, 0.3) is 5.56 Å². The molecule has 0 aliphatic heterocycles. The fourth-order valence-electron chi connectivity index (χ4n) is 0.700. The number of ether oxygens (including phenoxy) is 1. The highest BCUT2D eigenvalue weighted by Gasteiger charge is 2.05. The van der Waals surface area contributed by atoms with Crippen molar-refractivity contribution >= 4 is 22.1 Å². The van der Waals surface area contributed by atoms with Crippen LogP contribution in [0, 0.1) is 0 Å². The highest BCUT2D eigenvalue weighted by molar-refractivity contribution is 9.08. The first-order valence-electron chi connectivity index (χ1n) is 3.12. The molecule has 5 heteroatoms. The molecule has 4 nitrogen and oxygen atoms in total. The summed E-state index contributed by atoms with van der Waals surface area (Å²) in [4.78, 5) is 21.8. The van der Waals surface area contributed by atoms with Crippen molar-refractivity contribution in [2.45, 2.75) is 0 Å². The molecule has 0 aliphatic carbocycles. The predicted molar refractivity (Wildman–Crippen MR) is 46.4 cm³/mol. The zero-order valence-electron chi connectivity index (χ0n) is 6.28. The fourth-order valence-corrected chi connectivity index (χ4v) is 1.04. The van der Waals surface area contributed by atoms with Crippen molar-refractivity contribution in [1.82, 2.24) is 3.59 Å². The summed E-state index contributed by atoms with van der Waals surface area (Å²) in [5, 5.41) is 0. The van der Waals surface area contributed by atoms with E-state index in [1.807, 2.05) is 0 Å². The lowest BCUT2D eigenvalue weighted by atomic mass is 10.3. The topological polar surface area (TPSA) is 48.3 Å². The van der Waals surface area contributed by atoms with Crippen LogP contribution in [0.5, 0.6) is 0 Å². The molecule has 0 bridgehead atoms. The third kappa shape index (κ3) is 1.73. The number of carbonyl (C=O) groups excluding carboxylic acids is 1. The molecule has 0 spiro atoms. The lowest BCUT2D eigenvalue weighted by molar-refractivity contribution is 0.0600. The molecular weight excluding hydrogens is 226 g/mol. The van der Waals surface area contributed by atoms with Gasteiger partial charge in [0.1, 0.15) is 0 Å². The van der Waals surface area contributed by atoms with Crippen LogP contribution in [0.1, 0.15) is 10.4 Å². The maximum atomic E-state index is 10.9. The van der Waals surface area contributed by atoms with Crippen molar-refractivity contribution in [2.75, 3.05) is 7.11 Å². The highest BCUT2D eigenvalue weighted by atomic mass is 79.9. The number of esters is 1. The smallest absolute Gasteiger partial charge is 0.339 e. The van der Waals surface area contributed by atoms with Crippen LogP contribution in [0.4, 0.5) is 0 Å². The fraction of sp³-hybridized carbons (Fsp3) is 0.143. The van der Waals surface area contributed by atoms with E-state index >= 15 is 0 Å². The van der Waals surface area contributed by atoms with Gasteiger partial charge < -0.3 is 4.74 Å². The summed E-state index contributed by atoms with van der Waals surface area (Å²) in [6.07, 6.45) is 1.36. The molecule has 64 valence electrons. The number of hydrogen-bond donors (Lipinski definition) is 0. The van der Waals surface area contributed by atoms with E-state index in [1.54, 1.807) is 0 Å². The Kier molecular flexibility index (Phi) is 2.65. The van der Waals surface area contributed by atoms with Gasteiger partial charge in [-0.05, 0) is 6.07 Å². The molecule has 1 aromatic rings. The minimum Gasteiger partial charge on any atom is -0.465 e. The van der Waals surface area contributed by atoms with Gasteiger partial charge in [-0.3, -0.25) is 4.79 Å². The number of pyridine rings is 1. The summed E-state index contributed by atoms with van der Waals surface area (Å²) in [6.45, 7) is 0. The molecule has 1 rings (SSSR count). The molecule has 0 saturated heterocycles. The van der Waals surface area contributed by atoms with Gasteiger partial charge in [-0.2, -0.15) is 0 Å². The van der Waals surface area contributed by atoms with E-state index in [2.05, 4.69) is 20.9 Å². The predicted octanol–water partition coefficient (Wildman–Crippen LogP) is 0.793. The minimum absolute atomic E-state index is 0.234. The van der Waals surface area contributed by atoms with Crippen molar-refractivity contribution in [3.05, 3.63) is 34.2 Å². The van der Waals surface area contributed by atoms with Gasteiger partial charge in [-0.25, -0.2) is 8.39 Å². The van der Waals surface area contributed by atoms with Crippen molar-refractivity contribution in [3.8, 4) is 0 Å². The van der Waals surface area contributed by atoms with Gasteiger partial charge in [0.2, 0.25) is 0 Å². The molecule has 12 heavy (non-hydrogen) atoms. The third-order valence-electron chi connectivity index (χ3n) is 1.29. The van der Waals surface area contributed by atoms with E-state index in [-0.39, 0.29) is 5.56 Å². The molecule has 1 heterocycles. The molecule has 0 N–H and O–H groups in total. The number of aromatic nitrogens is 1. The maximum Gasteiger partial charge on any atom is 0.339 e. The van der Waals surface area contributed by atoms with Crippen LogP contribution in [0.25, 0.3) is 0 Å². The summed E-state index contributed by atoms with van der Waals surface area (Å²) in [7, 11) is 1.28. The van der Waals surface area contributed by atoms with Gasteiger partial charge in [0, 0.05) is 12.3 Å². The van der Waals surface area contributed by atoms with Gasteiger partial charge in [-0.15, -0.1) is 0 Å². The molecular formula is C7H6BrNO3. The quantitative estimate of drug-likeness (QED) is 0.672. The Hall–Kier alpha value is -1.10. The molecule has 0 aromatic carbocycles. The van der Waals surface area contributed by atoms with Crippen molar-refractivity contribution in [2.24, 2.45) is 0 Å². The van der Waals surface area contributed by atoms with Crippen molar-refractivity contribution in [1.29, 1.82) is 0 Å². The van der Waals surface area contributed by atoms with Gasteiger partial charge >= 0.3 is 5.97 Å². The average Bonchev–Trinajstić information content (AvgIpc) is 2.08. The highest BCUT2D eigenvalue weighted by Crippen LogP contribution is 1.99. The Morgan fingerprint density at radius 3 is 2.75 bits per heavy atom. The van der Waals surface area contributed by atoms with Crippen LogP contribution >= 0.6 is 16.1 Å². The van der Waals surface area contributed by atoms with E-state index in [9.17, 15) is 9.59 Å². The monoisotopic (exact) mass is 231 g/mol. The van der Waals surface area contributed by atoms with Gasteiger partial charge in [0.15, 0.2) is 0 Å². The summed E-state index contributed by atoms with van der Waals surface area (Å²) in [5.41, 5.74) is 0.0941. The van der Waals surface area contributed by atoms with E-state index < -0.39 is 5.97 Å². The van der Waals surface area contributed by atoms with E-state index in [0.29, 0.717) is 5.56 Å². The molecule has 1 aromatic heterocycles. The van der Waals surface area contributed by atoms with Crippen LogP contribution in [-0.2, 0) is 4.74 Å². The first-order valence-corrected chi connectivity index (χ1v) is 3.83. The number of nitrogens with zero attached hydrogens (tertiary/aromatic N) is 1. The Balaban J connectivity index is 3.13. The summed E-state index contributed by atoms with van der Waals surface area (Å²) < 4.78 is 5.59. The van der Waals surface area contributed by atoms with Crippen LogP contribution in [0.15, 0.2) is 23.1 Å². The number of carbonyl (C=O) groups is 1. The number of rotatable bonds is 1. The largest absolute Gasteiger partial charge is 0.465 e. The van der Waals surface area contributed by atoms with E-state index in [1.165, 1.54) is 25.4 Å². The van der Waals surface area contributed by atoms with Gasteiger partial charge in [-0.1, -0.05) is 0 Å². The number of hydrogen-bond acceptors (Lipinski definition) is 3. The number of halogens is 1. The van der Waals surface area contributed by atoms with Crippen LogP contribution in [0.3, 0.4) is 0 Å². The molecule has 0 unspecified atom stereocenters.